The zero-order valence-corrected chi connectivity index (χ0v) is 10.2. The highest BCUT2D eigenvalue weighted by Crippen LogP contribution is 2.21. The molecule has 0 aromatic heterocycles. The van der Waals surface area contributed by atoms with Crippen LogP contribution in [0.4, 0.5) is 4.39 Å². The number of benzene rings is 1. The second-order valence-corrected chi connectivity index (χ2v) is 3.79. The Balaban J connectivity index is 2.68. The van der Waals surface area contributed by atoms with Gasteiger partial charge in [-0.15, -0.1) is 0 Å². The van der Waals surface area contributed by atoms with Crippen molar-refractivity contribution in [2.45, 2.75) is 26.2 Å². The van der Waals surface area contributed by atoms with E-state index in [-0.39, 0.29) is 0 Å². The SMILES string of the molecule is CC(=NO)c1ccc(F)cc1OCCCCC#N. The molecule has 1 rings (SSSR count). The number of unbranched alkanes of at least 4 members (excludes halogenated alkanes) is 2. The Labute approximate surface area is 105 Å². The summed E-state index contributed by atoms with van der Waals surface area (Å²) in [6.07, 6.45) is 1.95. The number of halogens is 1. The molecular weight excluding hydrogens is 235 g/mol. The fourth-order valence-electron chi connectivity index (χ4n) is 1.46. The Bertz CT molecular complexity index is 467. The summed E-state index contributed by atoms with van der Waals surface area (Å²) in [6, 6.07) is 6.10. The fraction of sp³-hybridized carbons (Fsp3) is 0.385. The first kappa shape index (κ1) is 14.0. The molecule has 0 heterocycles. The van der Waals surface area contributed by atoms with Gasteiger partial charge in [0, 0.05) is 18.1 Å². The fourth-order valence-corrected chi connectivity index (χ4v) is 1.46. The molecule has 96 valence electrons. The van der Waals surface area contributed by atoms with Crippen LogP contribution in [0.1, 0.15) is 31.7 Å². The normalized spacial score (nSPS) is 11.1. The van der Waals surface area contributed by atoms with Gasteiger partial charge in [0.2, 0.25) is 0 Å². The van der Waals surface area contributed by atoms with Crippen LogP contribution in [-0.2, 0) is 0 Å². The molecule has 1 aromatic carbocycles. The molecule has 0 saturated carbocycles. The summed E-state index contributed by atoms with van der Waals surface area (Å²) in [6.45, 7) is 2.01. The van der Waals surface area contributed by atoms with Gasteiger partial charge in [-0.25, -0.2) is 4.39 Å². The molecule has 0 saturated heterocycles. The van der Waals surface area contributed by atoms with E-state index in [9.17, 15) is 4.39 Å². The number of hydrogen-bond donors (Lipinski definition) is 1. The largest absolute Gasteiger partial charge is 0.493 e. The molecule has 0 amide bonds. The highest BCUT2D eigenvalue weighted by molar-refractivity contribution is 6.00. The second-order valence-electron chi connectivity index (χ2n) is 3.79. The summed E-state index contributed by atoms with van der Waals surface area (Å²) in [4.78, 5) is 0. The van der Waals surface area contributed by atoms with E-state index in [1.54, 1.807) is 6.92 Å². The number of hydrogen-bond acceptors (Lipinski definition) is 4. The number of oxime groups is 1. The van der Waals surface area contributed by atoms with E-state index in [2.05, 4.69) is 5.16 Å². The highest BCUT2D eigenvalue weighted by Gasteiger charge is 2.08. The van der Waals surface area contributed by atoms with Crippen molar-refractivity contribution >= 4 is 5.71 Å². The molecule has 0 bridgehead atoms. The molecule has 0 spiro atoms. The molecule has 0 aliphatic rings. The van der Waals surface area contributed by atoms with Crippen LogP contribution in [0, 0.1) is 17.1 Å². The molecular formula is C13H15FN2O2. The van der Waals surface area contributed by atoms with Crippen molar-refractivity contribution in [3.05, 3.63) is 29.6 Å². The first-order valence-corrected chi connectivity index (χ1v) is 5.67. The van der Waals surface area contributed by atoms with E-state index in [4.69, 9.17) is 15.2 Å². The van der Waals surface area contributed by atoms with Crippen LogP contribution < -0.4 is 4.74 Å². The number of rotatable bonds is 6. The Morgan fingerprint density at radius 1 is 1.50 bits per heavy atom. The maximum atomic E-state index is 13.1. The maximum absolute atomic E-state index is 13.1. The molecule has 5 heteroatoms. The van der Waals surface area contributed by atoms with E-state index >= 15 is 0 Å². The first-order valence-electron chi connectivity index (χ1n) is 5.67. The number of ether oxygens (including phenoxy) is 1. The zero-order valence-electron chi connectivity index (χ0n) is 10.2. The molecule has 0 radical (unpaired) electrons. The molecule has 0 aliphatic heterocycles. The molecule has 1 aromatic rings. The van der Waals surface area contributed by atoms with Crippen LogP contribution in [0.15, 0.2) is 23.4 Å². The Morgan fingerprint density at radius 3 is 2.94 bits per heavy atom. The van der Waals surface area contributed by atoms with E-state index in [1.807, 2.05) is 6.07 Å². The van der Waals surface area contributed by atoms with E-state index < -0.39 is 5.82 Å². The average Bonchev–Trinajstić information content (AvgIpc) is 2.38. The molecule has 4 nitrogen and oxygen atoms in total. The lowest BCUT2D eigenvalue weighted by atomic mass is 10.1. The van der Waals surface area contributed by atoms with Crippen molar-refractivity contribution in [2.75, 3.05) is 6.61 Å². The van der Waals surface area contributed by atoms with Gasteiger partial charge in [-0.2, -0.15) is 5.26 Å². The first-order chi connectivity index (χ1) is 8.69. The molecule has 0 atom stereocenters. The summed E-state index contributed by atoms with van der Waals surface area (Å²) >= 11 is 0. The van der Waals surface area contributed by atoms with Crippen molar-refractivity contribution in [3.63, 3.8) is 0 Å². The van der Waals surface area contributed by atoms with Crippen LogP contribution in [0.2, 0.25) is 0 Å². The molecule has 1 N–H and O–H groups in total. The van der Waals surface area contributed by atoms with Crippen LogP contribution >= 0.6 is 0 Å². The van der Waals surface area contributed by atoms with Gasteiger partial charge in [0.1, 0.15) is 11.6 Å². The summed E-state index contributed by atoms with van der Waals surface area (Å²) in [5.41, 5.74) is 0.918. The summed E-state index contributed by atoms with van der Waals surface area (Å²) < 4.78 is 18.6. The van der Waals surface area contributed by atoms with Crippen LogP contribution in [0.5, 0.6) is 5.75 Å². The van der Waals surface area contributed by atoms with Crippen molar-refractivity contribution in [3.8, 4) is 11.8 Å². The van der Waals surface area contributed by atoms with Gasteiger partial charge in [-0.3, -0.25) is 0 Å². The number of nitriles is 1. The van der Waals surface area contributed by atoms with Crippen LogP contribution in [-0.4, -0.2) is 17.5 Å². The van der Waals surface area contributed by atoms with Crippen molar-refractivity contribution in [1.82, 2.24) is 0 Å². The lowest BCUT2D eigenvalue weighted by molar-refractivity contribution is 0.303. The van der Waals surface area contributed by atoms with Crippen molar-refractivity contribution in [2.24, 2.45) is 5.16 Å². The Morgan fingerprint density at radius 2 is 2.28 bits per heavy atom. The lowest BCUT2D eigenvalue weighted by Crippen LogP contribution is -2.04. The molecule has 0 fully saturated rings. The van der Waals surface area contributed by atoms with E-state index in [0.29, 0.717) is 30.1 Å². The third kappa shape index (κ3) is 4.06. The zero-order chi connectivity index (χ0) is 13.4. The minimum atomic E-state index is -0.406. The summed E-state index contributed by atoms with van der Waals surface area (Å²) in [5.74, 6) is -0.0567. The molecule has 18 heavy (non-hydrogen) atoms. The van der Waals surface area contributed by atoms with Gasteiger partial charge in [0.25, 0.3) is 0 Å². The minimum absolute atomic E-state index is 0.349. The van der Waals surface area contributed by atoms with Crippen molar-refractivity contribution in [1.29, 1.82) is 5.26 Å². The van der Waals surface area contributed by atoms with Gasteiger partial charge < -0.3 is 9.94 Å². The van der Waals surface area contributed by atoms with Crippen LogP contribution in [0.3, 0.4) is 0 Å². The maximum Gasteiger partial charge on any atom is 0.131 e. The predicted octanol–water partition coefficient (Wildman–Crippen LogP) is 3.10. The quantitative estimate of drug-likeness (QED) is 0.365. The van der Waals surface area contributed by atoms with Gasteiger partial charge in [-0.05, 0) is 31.9 Å². The van der Waals surface area contributed by atoms with E-state index in [1.165, 1.54) is 18.2 Å². The summed E-state index contributed by atoms with van der Waals surface area (Å²) in [5, 5.41) is 20.2. The minimum Gasteiger partial charge on any atom is -0.493 e. The summed E-state index contributed by atoms with van der Waals surface area (Å²) in [7, 11) is 0. The predicted molar refractivity (Wildman–Crippen MR) is 65.4 cm³/mol. The van der Waals surface area contributed by atoms with Crippen molar-refractivity contribution < 1.29 is 14.3 Å². The lowest BCUT2D eigenvalue weighted by Gasteiger charge is -2.10. The van der Waals surface area contributed by atoms with Gasteiger partial charge in [-0.1, -0.05) is 5.16 Å². The third-order valence-corrected chi connectivity index (χ3v) is 2.42. The van der Waals surface area contributed by atoms with Gasteiger partial charge in [0.15, 0.2) is 0 Å². The standard InChI is InChI=1S/C13H15FN2O2/c1-10(16-17)12-6-5-11(14)9-13(12)18-8-4-2-3-7-15/h5-6,9,17H,2-4,8H2,1H3. The third-order valence-electron chi connectivity index (χ3n) is 2.42. The molecule has 0 unspecified atom stereocenters. The van der Waals surface area contributed by atoms with E-state index in [0.717, 1.165) is 12.8 Å². The second kappa shape index (κ2) is 7.28. The molecule has 0 aliphatic carbocycles. The number of nitrogens with zero attached hydrogens (tertiary/aromatic N) is 2. The Kier molecular flexibility index (Phi) is 5.65. The van der Waals surface area contributed by atoms with Crippen LogP contribution in [0.25, 0.3) is 0 Å². The smallest absolute Gasteiger partial charge is 0.131 e. The topological polar surface area (TPSA) is 65.6 Å². The van der Waals surface area contributed by atoms with Gasteiger partial charge in [0.05, 0.1) is 18.4 Å². The van der Waals surface area contributed by atoms with Gasteiger partial charge >= 0.3 is 0 Å². The highest BCUT2D eigenvalue weighted by atomic mass is 19.1. The monoisotopic (exact) mass is 250 g/mol. The average molecular weight is 250 g/mol. The Hall–Kier alpha value is -2.09.